The maximum absolute atomic E-state index is 12.9. The fourth-order valence-corrected chi connectivity index (χ4v) is 3.92. The highest BCUT2D eigenvalue weighted by Gasteiger charge is 2.23. The summed E-state index contributed by atoms with van der Waals surface area (Å²) in [5, 5.41) is 0. The molecule has 0 unspecified atom stereocenters. The van der Waals surface area contributed by atoms with Crippen molar-refractivity contribution in [2.75, 3.05) is 26.3 Å². The van der Waals surface area contributed by atoms with E-state index >= 15 is 0 Å². The van der Waals surface area contributed by atoms with Crippen molar-refractivity contribution in [2.45, 2.75) is 26.5 Å². The van der Waals surface area contributed by atoms with Gasteiger partial charge in [-0.05, 0) is 43.7 Å². The molecule has 0 saturated carbocycles. The van der Waals surface area contributed by atoms with E-state index in [0.29, 0.717) is 49.9 Å². The molecule has 0 spiro atoms. The van der Waals surface area contributed by atoms with E-state index in [9.17, 15) is 9.59 Å². The molecule has 1 amide bonds. The van der Waals surface area contributed by atoms with E-state index in [0.717, 1.165) is 11.1 Å². The van der Waals surface area contributed by atoms with Crippen molar-refractivity contribution in [1.29, 1.82) is 0 Å². The smallest absolute Gasteiger partial charge is 0.263 e. The first-order valence-electron chi connectivity index (χ1n) is 11.6. The molecule has 2 aromatic carbocycles. The number of amides is 1. The van der Waals surface area contributed by atoms with Crippen LogP contribution in [0.3, 0.4) is 0 Å². The third kappa shape index (κ3) is 5.83. The van der Waals surface area contributed by atoms with Crippen molar-refractivity contribution < 1.29 is 19.1 Å². The number of carbonyl (C=O) groups excluding carboxylic acids is 2. The van der Waals surface area contributed by atoms with Gasteiger partial charge in [0.2, 0.25) is 5.78 Å². The lowest BCUT2D eigenvalue weighted by molar-refractivity contribution is -0.142. The first-order valence-corrected chi connectivity index (χ1v) is 11.6. The van der Waals surface area contributed by atoms with Crippen LogP contribution in [0.25, 0.3) is 6.08 Å². The number of morpholine rings is 1. The number of ketones is 1. The van der Waals surface area contributed by atoms with Crippen LogP contribution in [-0.4, -0.2) is 53.6 Å². The molecule has 34 heavy (non-hydrogen) atoms. The van der Waals surface area contributed by atoms with Gasteiger partial charge in [0, 0.05) is 31.4 Å². The summed E-state index contributed by atoms with van der Waals surface area (Å²) in [7, 11) is 0. The molecule has 0 N–H and O–H groups in total. The van der Waals surface area contributed by atoms with E-state index in [1.54, 1.807) is 11.8 Å². The summed E-state index contributed by atoms with van der Waals surface area (Å²) in [5.74, 6) is 0.628. The molecule has 4 rings (SSSR count). The third-order valence-corrected chi connectivity index (χ3v) is 5.83. The zero-order valence-corrected chi connectivity index (χ0v) is 19.6. The molecule has 1 aliphatic heterocycles. The van der Waals surface area contributed by atoms with Crippen molar-refractivity contribution in [3.63, 3.8) is 0 Å². The topological polar surface area (TPSA) is 60.8 Å². The Hall–Kier alpha value is -3.64. The summed E-state index contributed by atoms with van der Waals surface area (Å²) in [6, 6.07) is 19.0. The van der Waals surface area contributed by atoms with Crippen molar-refractivity contribution in [2.24, 2.45) is 0 Å². The largest absolute Gasteiger partial charge is 0.481 e. The zero-order chi connectivity index (χ0) is 23.9. The SMILES string of the molecule is Cc1ccc(C(=O)c2cccn2C/C=C/c2cccc(O[C@@H](C)C(=O)N3CCOCC3)c2)cc1. The summed E-state index contributed by atoms with van der Waals surface area (Å²) >= 11 is 0. The van der Waals surface area contributed by atoms with E-state index in [4.69, 9.17) is 9.47 Å². The van der Waals surface area contributed by atoms with Crippen LogP contribution in [-0.2, 0) is 16.1 Å². The van der Waals surface area contributed by atoms with Gasteiger partial charge in [0.1, 0.15) is 5.75 Å². The number of allylic oxidation sites excluding steroid dienone is 1. The first kappa shape index (κ1) is 23.5. The third-order valence-electron chi connectivity index (χ3n) is 5.83. The molecule has 1 atom stereocenters. The molecule has 0 radical (unpaired) electrons. The number of aryl methyl sites for hydroxylation is 1. The minimum Gasteiger partial charge on any atom is -0.481 e. The maximum atomic E-state index is 12.9. The van der Waals surface area contributed by atoms with Gasteiger partial charge >= 0.3 is 0 Å². The Balaban J connectivity index is 1.37. The summed E-state index contributed by atoms with van der Waals surface area (Å²) < 4.78 is 13.2. The van der Waals surface area contributed by atoms with Gasteiger partial charge in [0.05, 0.1) is 18.9 Å². The van der Waals surface area contributed by atoms with E-state index in [1.807, 2.05) is 90.5 Å². The first-order chi connectivity index (χ1) is 16.5. The van der Waals surface area contributed by atoms with Crippen LogP contribution < -0.4 is 4.74 Å². The molecule has 6 nitrogen and oxygen atoms in total. The highest BCUT2D eigenvalue weighted by Crippen LogP contribution is 2.18. The van der Waals surface area contributed by atoms with Crippen LogP contribution >= 0.6 is 0 Å². The van der Waals surface area contributed by atoms with E-state index < -0.39 is 6.10 Å². The minimum atomic E-state index is -0.562. The van der Waals surface area contributed by atoms with Crippen molar-refractivity contribution in [1.82, 2.24) is 9.47 Å². The zero-order valence-electron chi connectivity index (χ0n) is 19.6. The predicted molar refractivity (Wildman–Crippen MR) is 132 cm³/mol. The Morgan fingerprint density at radius 3 is 2.59 bits per heavy atom. The summed E-state index contributed by atoms with van der Waals surface area (Å²) in [6.07, 6.45) is 5.34. The summed E-state index contributed by atoms with van der Waals surface area (Å²) in [5.41, 5.74) is 3.42. The number of ether oxygens (including phenoxy) is 2. The van der Waals surface area contributed by atoms with E-state index in [1.165, 1.54) is 0 Å². The molecule has 2 heterocycles. The number of benzene rings is 2. The van der Waals surface area contributed by atoms with Crippen molar-refractivity contribution in [3.8, 4) is 5.75 Å². The fraction of sp³-hybridized carbons (Fsp3) is 0.286. The highest BCUT2D eigenvalue weighted by atomic mass is 16.5. The molecule has 3 aromatic rings. The maximum Gasteiger partial charge on any atom is 0.263 e. The van der Waals surface area contributed by atoms with Gasteiger partial charge < -0.3 is 18.9 Å². The molecular weight excluding hydrogens is 428 g/mol. The molecule has 1 aliphatic rings. The van der Waals surface area contributed by atoms with Gasteiger partial charge in [0.15, 0.2) is 6.10 Å². The monoisotopic (exact) mass is 458 g/mol. The lowest BCUT2D eigenvalue weighted by atomic mass is 10.1. The van der Waals surface area contributed by atoms with Gasteiger partial charge in [-0.2, -0.15) is 0 Å². The lowest BCUT2D eigenvalue weighted by Crippen LogP contribution is -2.46. The number of nitrogens with zero attached hydrogens (tertiary/aromatic N) is 2. The standard InChI is InChI=1S/C28H30N2O4/c1-21-10-12-24(13-11-21)27(31)26-9-5-15-29(26)14-4-7-23-6-3-8-25(20-23)34-22(2)28(32)30-16-18-33-19-17-30/h3-13,15,20,22H,14,16-19H2,1-2H3/b7-4+/t22-/m0/s1. The number of aromatic nitrogens is 1. The van der Waals surface area contributed by atoms with Crippen LogP contribution in [0.4, 0.5) is 0 Å². The normalized spacial score (nSPS) is 14.8. The van der Waals surface area contributed by atoms with Crippen molar-refractivity contribution in [3.05, 3.63) is 95.3 Å². The molecule has 176 valence electrons. The number of carbonyl (C=O) groups is 2. The second-order valence-electron chi connectivity index (χ2n) is 8.41. The van der Waals surface area contributed by atoms with Gasteiger partial charge in [-0.25, -0.2) is 0 Å². The van der Waals surface area contributed by atoms with Crippen LogP contribution in [0.2, 0.25) is 0 Å². The predicted octanol–water partition coefficient (Wildman–Crippen LogP) is 4.37. The minimum absolute atomic E-state index is 0.00715. The average molecular weight is 459 g/mol. The Morgan fingerprint density at radius 2 is 1.82 bits per heavy atom. The Bertz CT molecular complexity index is 1160. The van der Waals surface area contributed by atoms with Crippen LogP contribution in [0, 0.1) is 6.92 Å². The summed E-state index contributed by atoms with van der Waals surface area (Å²) in [4.78, 5) is 27.3. The molecular formula is C28H30N2O4. The highest BCUT2D eigenvalue weighted by molar-refractivity contribution is 6.08. The second kappa shape index (κ2) is 11.0. The lowest BCUT2D eigenvalue weighted by Gasteiger charge is -2.29. The number of hydrogen-bond donors (Lipinski definition) is 0. The molecule has 1 fully saturated rings. The van der Waals surface area contributed by atoms with Gasteiger partial charge in [-0.15, -0.1) is 0 Å². The fourth-order valence-electron chi connectivity index (χ4n) is 3.92. The van der Waals surface area contributed by atoms with E-state index in [2.05, 4.69) is 0 Å². The molecule has 1 aromatic heterocycles. The number of rotatable bonds is 8. The van der Waals surface area contributed by atoms with Crippen molar-refractivity contribution >= 4 is 17.8 Å². The quantitative estimate of drug-likeness (QED) is 0.471. The summed E-state index contributed by atoms with van der Waals surface area (Å²) in [6.45, 7) is 6.68. The number of hydrogen-bond acceptors (Lipinski definition) is 4. The Labute approximate surface area is 200 Å². The van der Waals surface area contributed by atoms with E-state index in [-0.39, 0.29) is 11.7 Å². The molecule has 0 aliphatic carbocycles. The second-order valence-corrected chi connectivity index (χ2v) is 8.41. The van der Waals surface area contributed by atoms with Gasteiger partial charge in [0.25, 0.3) is 5.91 Å². The van der Waals surface area contributed by atoms with Crippen LogP contribution in [0.5, 0.6) is 5.75 Å². The Morgan fingerprint density at radius 1 is 1.06 bits per heavy atom. The molecule has 1 saturated heterocycles. The molecule has 0 bridgehead atoms. The van der Waals surface area contributed by atoms with Gasteiger partial charge in [-0.1, -0.05) is 54.1 Å². The molecule has 6 heteroatoms. The van der Waals surface area contributed by atoms with Crippen LogP contribution in [0.15, 0.2) is 72.9 Å². The van der Waals surface area contributed by atoms with Crippen LogP contribution in [0.1, 0.15) is 34.1 Å². The van der Waals surface area contributed by atoms with Gasteiger partial charge in [-0.3, -0.25) is 9.59 Å². The Kier molecular flexibility index (Phi) is 7.60. The average Bonchev–Trinajstić information content (AvgIpc) is 3.33.